The molecule has 100 valence electrons. The summed E-state index contributed by atoms with van der Waals surface area (Å²) >= 11 is 0. The van der Waals surface area contributed by atoms with E-state index in [1.807, 2.05) is 26.2 Å². The highest BCUT2D eigenvalue weighted by atomic mass is 14.9. The Hall–Kier alpha value is -1.74. The van der Waals surface area contributed by atoms with Gasteiger partial charge in [0.2, 0.25) is 0 Å². The van der Waals surface area contributed by atoms with Crippen molar-refractivity contribution >= 4 is 0 Å². The number of nitrogens with one attached hydrogen (secondary N) is 1. The molecule has 0 amide bonds. The highest BCUT2D eigenvalue weighted by Crippen LogP contribution is 2.21. The van der Waals surface area contributed by atoms with Crippen molar-refractivity contribution in [3.05, 3.63) is 59.2 Å². The Morgan fingerprint density at radius 1 is 1.05 bits per heavy atom. The molecule has 3 heteroatoms. The van der Waals surface area contributed by atoms with Crippen LogP contribution in [0.2, 0.25) is 0 Å². The largest absolute Gasteiger partial charge is 0.306 e. The number of pyridine rings is 2. The molecule has 0 radical (unpaired) electrons. The van der Waals surface area contributed by atoms with Crippen LogP contribution in [0, 0.1) is 13.8 Å². The zero-order valence-electron chi connectivity index (χ0n) is 11.9. The van der Waals surface area contributed by atoms with Gasteiger partial charge in [-0.2, -0.15) is 0 Å². The summed E-state index contributed by atoms with van der Waals surface area (Å²) in [6, 6.07) is 8.60. The van der Waals surface area contributed by atoms with Crippen LogP contribution in [0.5, 0.6) is 0 Å². The smallest absolute Gasteiger partial charge is 0.0593 e. The van der Waals surface area contributed by atoms with Gasteiger partial charge in [0, 0.05) is 23.8 Å². The molecule has 2 aromatic rings. The molecule has 2 rings (SSSR count). The van der Waals surface area contributed by atoms with Crippen molar-refractivity contribution in [2.24, 2.45) is 0 Å². The van der Waals surface area contributed by atoms with Gasteiger partial charge in [0.05, 0.1) is 6.04 Å². The molecule has 0 aliphatic heterocycles. The maximum Gasteiger partial charge on any atom is 0.0593 e. The first kappa shape index (κ1) is 13.7. The van der Waals surface area contributed by atoms with E-state index in [4.69, 9.17) is 0 Å². The third-order valence-corrected chi connectivity index (χ3v) is 3.12. The molecule has 0 saturated heterocycles. The van der Waals surface area contributed by atoms with Crippen LogP contribution in [0.25, 0.3) is 0 Å². The lowest BCUT2D eigenvalue weighted by Crippen LogP contribution is -2.23. The first-order valence-electron chi connectivity index (χ1n) is 6.79. The average molecular weight is 255 g/mol. The van der Waals surface area contributed by atoms with Crippen LogP contribution < -0.4 is 5.32 Å². The molecule has 1 unspecified atom stereocenters. The van der Waals surface area contributed by atoms with Crippen molar-refractivity contribution in [3.63, 3.8) is 0 Å². The lowest BCUT2D eigenvalue weighted by Gasteiger charge is -2.19. The van der Waals surface area contributed by atoms with E-state index < -0.39 is 0 Å². The standard InChI is InChI=1S/C16H21N3/c1-4-8-18-16(14-7-9-17-13(3)10-14)15-6-5-12(2)19-11-15/h5-7,9-11,16,18H,4,8H2,1-3H3. The Kier molecular flexibility index (Phi) is 4.63. The predicted octanol–water partition coefficient (Wildman–Crippen LogP) is 3.18. The van der Waals surface area contributed by atoms with Crippen molar-refractivity contribution in [1.82, 2.24) is 15.3 Å². The number of hydrogen-bond donors (Lipinski definition) is 1. The van der Waals surface area contributed by atoms with Crippen LogP contribution >= 0.6 is 0 Å². The number of aromatic nitrogens is 2. The first-order chi connectivity index (χ1) is 9.20. The van der Waals surface area contributed by atoms with Crippen molar-refractivity contribution in [3.8, 4) is 0 Å². The maximum atomic E-state index is 4.40. The van der Waals surface area contributed by atoms with Crippen LogP contribution in [-0.2, 0) is 0 Å². The summed E-state index contributed by atoms with van der Waals surface area (Å²) in [5.41, 5.74) is 4.53. The second kappa shape index (κ2) is 6.43. The normalized spacial score (nSPS) is 12.4. The number of hydrogen-bond acceptors (Lipinski definition) is 3. The van der Waals surface area contributed by atoms with Crippen molar-refractivity contribution in [1.29, 1.82) is 0 Å². The Morgan fingerprint density at radius 2 is 1.89 bits per heavy atom. The molecule has 3 nitrogen and oxygen atoms in total. The van der Waals surface area contributed by atoms with E-state index in [2.05, 4.69) is 46.5 Å². The molecular weight excluding hydrogens is 234 g/mol. The number of rotatable bonds is 5. The molecule has 0 spiro atoms. The van der Waals surface area contributed by atoms with Gasteiger partial charge < -0.3 is 5.32 Å². The fourth-order valence-corrected chi connectivity index (χ4v) is 2.11. The third kappa shape index (κ3) is 3.61. The lowest BCUT2D eigenvalue weighted by molar-refractivity contribution is 0.596. The third-order valence-electron chi connectivity index (χ3n) is 3.12. The molecule has 0 aliphatic carbocycles. The van der Waals surface area contributed by atoms with E-state index in [-0.39, 0.29) is 6.04 Å². The Balaban J connectivity index is 2.32. The minimum Gasteiger partial charge on any atom is -0.306 e. The lowest BCUT2D eigenvalue weighted by atomic mass is 10.00. The van der Waals surface area contributed by atoms with Gasteiger partial charge in [-0.1, -0.05) is 13.0 Å². The van der Waals surface area contributed by atoms with Crippen LogP contribution in [-0.4, -0.2) is 16.5 Å². The van der Waals surface area contributed by atoms with Gasteiger partial charge in [-0.15, -0.1) is 0 Å². The number of nitrogens with zero attached hydrogens (tertiary/aromatic N) is 2. The Bertz CT molecular complexity index is 520. The van der Waals surface area contributed by atoms with Crippen LogP contribution in [0.3, 0.4) is 0 Å². The molecular formula is C16H21N3. The Labute approximate surface area is 115 Å². The molecule has 19 heavy (non-hydrogen) atoms. The SMILES string of the molecule is CCCNC(c1ccc(C)nc1)c1ccnc(C)c1. The first-order valence-corrected chi connectivity index (χ1v) is 6.79. The molecule has 2 heterocycles. The summed E-state index contributed by atoms with van der Waals surface area (Å²) in [4.78, 5) is 8.67. The topological polar surface area (TPSA) is 37.8 Å². The van der Waals surface area contributed by atoms with Crippen molar-refractivity contribution < 1.29 is 0 Å². The van der Waals surface area contributed by atoms with E-state index in [0.29, 0.717) is 0 Å². The summed E-state index contributed by atoms with van der Waals surface area (Å²) in [6.45, 7) is 7.19. The summed E-state index contributed by atoms with van der Waals surface area (Å²) in [5.74, 6) is 0. The highest BCUT2D eigenvalue weighted by molar-refractivity contribution is 5.30. The van der Waals surface area contributed by atoms with Gasteiger partial charge >= 0.3 is 0 Å². The van der Waals surface area contributed by atoms with Gasteiger partial charge in [0.1, 0.15) is 0 Å². The van der Waals surface area contributed by atoms with Gasteiger partial charge in [0.15, 0.2) is 0 Å². The van der Waals surface area contributed by atoms with Gasteiger partial charge in [-0.3, -0.25) is 9.97 Å². The quantitative estimate of drug-likeness (QED) is 0.891. The summed E-state index contributed by atoms with van der Waals surface area (Å²) in [5, 5.41) is 3.58. The molecule has 1 N–H and O–H groups in total. The fourth-order valence-electron chi connectivity index (χ4n) is 2.11. The minimum absolute atomic E-state index is 0.190. The zero-order chi connectivity index (χ0) is 13.7. The average Bonchev–Trinajstić information content (AvgIpc) is 2.41. The van der Waals surface area contributed by atoms with E-state index in [9.17, 15) is 0 Å². The zero-order valence-corrected chi connectivity index (χ0v) is 11.9. The van der Waals surface area contributed by atoms with E-state index in [0.717, 1.165) is 24.4 Å². The van der Waals surface area contributed by atoms with Crippen LogP contribution in [0.15, 0.2) is 36.7 Å². The van der Waals surface area contributed by atoms with Gasteiger partial charge in [-0.05, 0) is 56.1 Å². The second-order valence-corrected chi connectivity index (χ2v) is 4.85. The monoisotopic (exact) mass is 255 g/mol. The van der Waals surface area contributed by atoms with Crippen LogP contribution in [0.1, 0.15) is 41.9 Å². The number of aryl methyl sites for hydroxylation is 2. The fraction of sp³-hybridized carbons (Fsp3) is 0.375. The van der Waals surface area contributed by atoms with Crippen molar-refractivity contribution in [2.75, 3.05) is 6.54 Å². The summed E-state index contributed by atoms with van der Waals surface area (Å²) in [7, 11) is 0. The predicted molar refractivity (Wildman–Crippen MR) is 78.1 cm³/mol. The van der Waals surface area contributed by atoms with Gasteiger partial charge in [-0.25, -0.2) is 0 Å². The highest BCUT2D eigenvalue weighted by Gasteiger charge is 2.13. The molecule has 2 aromatic heterocycles. The molecule has 0 bridgehead atoms. The maximum absolute atomic E-state index is 4.40. The van der Waals surface area contributed by atoms with E-state index >= 15 is 0 Å². The van der Waals surface area contributed by atoms with E-state index in [1.54, 1.807) is 0 Å². The molecule has 0 fully saturated rings. The van der Waals surface area contributed by atoms with E-state index in [1.165, 1.54) is 11.1 Å². The second-order valence-electron chi connectivity index (χ2n) is 4.85. The minimum atomic E-state index is 0.190. The molecule has 0 aromatic carbocycles. The molecule has 0 saturated carbocycles. The van der Waals surface area contributed by atoms with Crippen molar-refractivity contribution in [2.45, 2.75) is 33.2 Å². The molecule has 0 aliphatic rings. The summed E-state index contributed by atoms with van der Waals surface area (Å²) in [6.07, 6.45) is 4.94. The van der Waals surface area contributed by atoms with Gasteiger partial charge in [0.25, 0.3) is 0 Å². The molecule has 1 atom stereocenters. The Morgan fingerprint density at radius 3 is 2.53 bits per heavy atom. The van der Waals surface area contributed by atoms with Crippen LogP contribution in [0.4, 0.5) is 0 Å². The summed E-state index contributed by atoms with van der Waals surface area (Å²) < 4.78 is 0.